The Morgan fingerprint density at radius 1 is 1.15 bits per heavy atom. The Morgan fingerprint density at radius 2 is 1.80 bits per heavy atom. The zero-order valence-electron chi connectivity index (χ0n) is 12.1. The van der Waals surface area contributed by atoms with Crippen LogP contribution in [0.4, 0.5) is 0 Å². The molecule has 4 heteroatoms. The minimum Gasteiger partial charge on any atom is -0.481 e. The third-order valence-corrected chi connectivity index (χ3v) is 5.69. The largest absolute Gasteiger partial charge is 0.481 e. The molecule has 0 amide bonds. The number of allylic oxidation sites excluding steroid dienone is 2. The molecular weight excluding hydrogens is 256 g/mol. The minimum atomic E-state index is -1.14. The lowest BCUT2D eigenvalue weighted by Crippen LogP contribution is -2.56. The third kappa shape index (κ3) is 2.05. The maximum Gasteiger partial charge on any atom is 0.311 e. The Labute approximate surface area is 119 Å². The highest BCUT2D eigenvalue weighted by Crippen LogP contribution is 2.60. The smallest absolute Gasteiger partial charge is 0.311 e. The van der Waals surface area contributed by atoms with Gasteiger partial charge in [-0.05, 0) is 37.5 Å². The van der Waals surface area contributed by atoms with E-state index in [1.165, 1.54) is 0 Å². The van der Waals surface area contributed by atoms with Crippen LogP contribution in [0.15, 0.2) is 12.2 Å². The van der Waals surface area contributed by atoms with Crippen molar-refractivity contribution >= 4 is 11.9 Å². The second-order valence-corrected chi connectivity index (χ2v) is 6.27. The fourth-order valence-electron chi connectivity index (χ4n) is 4.55. The van der Waals surface area contributed by atoms with Crippen LogP contribution in [0, 0.1) is 16.7 Å². The number of rotatable bonds is 4. The highest BCUT2D eigenvalue weighted by Gasteiger charge is 2.61. The van der Waals surface area contributed by atoms with Crippen LogP contribution >= 0.6 is 0 Å². The predicted octanol–water partition coefficient (Wildman–Crippen LogP) is 3.47. The molecule has 2 N–H and O–H groups in total. The van der Waals surface area contributed by atoms with Gasteiger partial charge in [-0.2, -0.15) is 0 Å². The minimum absolute atomic E-state index is 0.337. The fourth-order valence-corrected chi connectivity index (χ4v) is 4.55. The topological polar surface area (TPSA) is 74.6 Å². The normalized spacial score (nSPS) is 32.8. The molecule has 0 spiro atoms. The van der Waals surface area contributed by atoms with E-state index in [4.69, 9.17) is 0 Å². The summed E-state index contributed by atoms with van der Waals surface area (Å²) in [5.74, 6) is -2.68. The summed E-state index contributed by atoms with van der Waals surface area (Å²) in [5.41, 5.74) is -1.51. The zero-order chi connectivity index (χ0) is 14.8. The Kier molecular flexibility index (Phi) is 4.21. The predicted molar refractivity (Wildman–Crippen MR) is 75.4 cm³/mol. The molecule has 2 unspecified atom stereocenters. The molecule has 1 fully saturated rings. The Balaban J connectivity index is 2.54. The molecule has 2 rings (SSSR count). The first-order valence-electron chi connectivity index (χ1n) is 7.61. The van der Waals surface area contributed by atoms with Crippen molar-refractivity contribution in [3.05, 3.63) is 12.2 Å². The van der Waals surface area contributed by atoms with Gasteiger partial charge in [0.1, 0.15) is 0 Å². The number of hydrogen-bond donors (Lipinski definition) is 2. The van der Waals surface area contributed by atoms with Crippen LogP contribution in [0.3, 0.4) is 0 Å². The van der Waals surface area contributed by atoms with E-state index in [0.717, 1.165) is 38.5 Å². The van der Waals surface area contributed by atoms with Gasteiger partial charge >= 0.3 is 11.9 Å². The van der Waals surface area contributed by atoms with Crippen molar-refractivity contribution in [2.24, 2.45) is 16.7 Å². The van der Waals surface area contributed by atoms with E-state index in [9.17, 15) is 19.8 Å². The first kappa shape index (κ1) is 15.1. The molecule has 0 radical (unpaired) electrons. The van der Waals surface area contributed by atoms with Crippen molar-refractivity contribution in [3.8, 4) is 0 Å². The van der Waals surface area contributed by atoms with E-state index >= 15 is 0 Å². The molecule has 0 saturated heterocycles. The summed E-state index contributed by atoms with van der Waals surface area (Å²) in [6, 6.07) is 0. The zero-order valence-corrected chi connectivity index (χ0v) is 12.1. The van der Waals surface area contributed by atoms with Gasteiger partial charge in [0.25, 0.3) is 0 Å². The summed E-state index contributed by atoms with van der Waals surface area (Å²) in [5, 5.41) is 19.5. The van der Waals surface area contributed by atoms with Gasteiger partial charge in [0.2, 0.25) is 0 Å². The van der Waals surface area contributed by atoms with Gasteiger partial charge in [-0.1, -0.05) is 38.3 Å². The summed E-state index contributed by atoms with van der Waals surface area (Å²) in [4.78, 5) is 23.8. The van der Waals surface area contributed by atoms with Gasteiger partial charge in [0.15, 0.2) is 0 Å². The quantitative estimate of drug-likeness (QED) is 0.773. The van der Waals surface area contributed by atoms with Crippen LogP contribution in [0.1, 0.15) is 58.3 Å². The molecule has 112 valence electrons. The molecule has 2 aliphatic carbocycles. The second-order valence-electron chi connectivity index (χ2n) is 6.27. The molecule has 2 atom stereocenters. The lowest BCUT2D eigenvalue weighted by atomic mass is 9.48. The van der Waals surface area contributed by atoms with Crippen LogP contribution < -0.4 is 0 Å². The van der Waals surface area contributed by atoms with Crippen molar-refractivity contribution < 1.29 is 19.8 Å². The first-order valence-corrected chi connectivity index (χ1v) is 7.61. The summed E-state index contributed by atoms with van der Waals surface area (Å²) < 4.78 is 0. The van der Waals surface area contributed by atoms with Gasteiger partial charge in [0.05, 0.1) is 11.3 Å². The van der Waals surface area contributed by atoms with E-state index in [1.54, 1.807) is 0 Å². The van der Waals surface area contributed by atoms with Crippen LogP contribution in [-0.2, 0) is 9.59 Å². The Bertz CT molecular complexity index is 420. The van der Waals surface area contributed by atoms with E-state index in [0.29, 0.717) is 12.8 Å². The van der Waals surface area contributed by atoms with E-state index in [1.807, 2.05) is 19.1 Å². The summed E-state index contributed by atoms with van der Waals surface area (Å²) in [6.45, 7) is 2.02. The monoisotopic (exact) mass is 280 g/mol. The third-order valence-electron chi connectivity index (χ3n) is 5.69. The Morgan fingerprint density at radius 3 is 2.30 bits per heavy atom. The second kappa shape index (κ2) is 5.58. The molecule has 0 heterocycles. The fraction of sp³-hybridized carbons (Fsp3) is 0.750. The average molecular weight is 280 g/mol. The van der Waals surface area contributed by atoms with E-state index < -0.39 is 23.3 Å². The molecule has 20 heavy (non-hydrogen) atoms. The summed E-state index contributed by atoms with van der Waals surface area (Å²) in [7, 11) is 0. The maximum atomic E-state index is 12.2. The molecule has 0 aliphatic heterocycles. The molecule has 0 aromatic carbocycles. The summed E-state index contributed by atoms with van der Waals surface area (Å²) in [6.07, 6.45) is 9.98. The number of aliphatic carboxylic acids is 2. The molecule has 2 aliphatic rings. The van der Waals surface area contributed by atoms with Crippen LogP contribution in [0.2, 0.25) is 0 Å². The number of hydrogen-bond acceptors (Lipinski definition) is 2. The van der Waals surface area contributed by atoms with Crippen molar-refractivity contribution in [1.82, 2.24) is 0 Å². The van der Waals surface area contributed by atoms with E-state index in [-0.39, 0.29) is 5.41 Å². The standard InChI is InChI=1S/C16H24O4/c1-2-15(9-5-3-6-10-15)16(14(19)20)11-7-4-8-12(16)13(17)18/h4,7,12H,2-3,5-6,8-11H2,1H3,(H,17,18)(H,19,20). The molecular formula is C16H24O4. The lowest BCUT2D eigenvalue weighted by molar-refractivity contribution is -0.179. The first-order chi connectivity index (χ1) is 9.50. The van der Waals surface area contributed by atoms with Crippen LogP contribution in [0.5, 0.6) is 0 Å². The van der Waals surface area contributed by atoms with Crippen molar-refractivity contribution in [2.75, 3.05) is 0 Å². The molecule has 0 aromatic rings. The van der Waals surface area contributed by atoms with Gasteiger partial charge in [-0.3, -0.25) is 9.59 Å². The van der Waals surface area contributed by atoms with Crippen LogP contribution in [-0.4, -0.2) is 22.2 Å². The molecule has 0 aromatic heterocycles. The van der Waals surface area contributed by atoms with Crippen molar-refractivity contribution in [1.29, 1.82) is 0 Å². The number of carbonyl (C=O) groups is 2. The van der Waals surface area contributed by atoms with Crippen molar-refractivity contribution in [3.63, 3.8) is 0 Å². The number of carboxylic acids is 2. The number of carboxylic acid groups (broad SMARTS) is 2. The highest BCUT2D eigenvalue weighted by molar-refractivity contribution is 5.85. The van der Waals surface area contributed by atoms with Gasteiger partial charge in [-0.25, -0.2) is 0 Å². The highest BCUT2D eigenvalue weighted by atomic mass is 16.4. The lowest BCUT2D eigenvalue weighted by Gasteiger charge is -2.53. The Hall–Kier alpha value is -1.32. The van der Waals surface area contributed by atoms with Gasteiger partial charge < -0.3 is 10.2 Å². The molecule has 1 saturated carbocycles. The maximum absolute atomic E-state index is 12.2. The molecule has 4 nitrogen and oxygen atoms in total. The van der Waals surface area contributed by atoms with E-state index in [2.05, 4.69) is 0 Å². The van der Waals surface area contributed by atoms with Gasteiger partial charge in [0, 0.05) is 0 Å². The summed E-state index contributed by atoms with van der Waals surface area (Å²) >= 11 is 0. The molecule has 0 bridgehead atoms. The van der Waals surface area contributed by atoms with Crippen LogP contribution in [0.25, 0.3) is 0 Å². The SMILES string of the molecule is CCC1(C2(C(=O)O)CC=CCC2C(=O)O)CCCCC1. The average Bonchev–Trinajstić information content (AvgIpc) is 2.47. The van der Waals surface area contributed by atoms with Crippen molar-refractivity contribution in [2.45, 2.75) is 58.3 Å². The van der Waals surface area contributed by atoms with Gasteiger partial charge in [-0.15, -0.1) is 0 Å².